The number of hydrogen-bond donors (Lipinski definition) is 0. The van der Waals surface area contributed by atoms with Crippen LogP contribution in [0.4, 0.5) is 10.3 Å². The first-order valence-electron chi connectivity index (χ1n) is 9.82. The van der Waals surface area contributed by atoms with Crippen molar-refractivity contribution in [2.45, 2.75) is 25.4 Å². The smallest absolute Gasteiger partial charge is 0.318 e. The zero-order valence-electron chi connectivity index (χ0n) is 17.2. The lowest BCUT2D eigenvalue weighted by molar-refractivity contribution is 0.388. The highest BCUT2D eigenvalue weighted by Crippen LogP contribution is 2.25. The van der Waals surface area contributed by atoms with Crippen LogP contribution in [-0.2, 0) is 13.6 Å². The Bertz CT molecular complexity index is 1180. The van der Waals surface area contributed by atoms with Crippen molar-refractivity contribution < 1.29 is 4.39 Å². The molecule has 4 rings (SSSR count). The summed E-state index contributed by atoms with van der Waals surface area (Å²) in [6, 6.07) is 1.04. The maximum Gasteiger partial charge on any atom is 0.318 e. The molecule has 0 atom stereocenters. The molecule has 0 saturated carbocycles. The number of aryl methyl sites for hydroxylation is 1. The van der Waals surface area contributed by atoms with Gasteiger partial charge in [-0.15, -0.1) is 0 Å². The number of piperidine rings is 1. The summed E-state index contributed by atoms with van der Waals surface area (Å²) in [5.74, 6) is 0.102. The number of fused-ring (bicyclic) bond motifs is 1. The molecular formula is C20H24FN7O2. The molecule has 0 aliphatic carbocycles. The van der Waals surface area contributed by atoms with E-state index in [9.17, 15) is 14.0 Å². The topological polar surface area (TPSA) is 89.2 Å². The third-order valence-corrected chi connectivity index (χ3v) is 5.41. The van der Waals surface area contributed by atoms with Crippen LogP contribution in [-0.4, -0.2) is 56.2 Å². The Morgan fingerprint density at radius 3 is 2.37 bits per heavy atom. The lowest BCUT2D eigenvalue weighted by Gasteiger charge is -2.33. The number of anilines is 1. The molecule has 30 heavy (non-hydrogen) atoms. The van der Waals surface area contributed by atoms with Crippen LogP contribution in [0.25, 0.3) is 11.2 Å². The first-order chi connectivity index (χ1) is 14.3. The van der Waals surface area contributed by atoms with E-state index >= 15 is 0 Å². The highest BCUT2D eigenvalue weighted by atomic mass is 19.1. The van der Waals surface area contributed by atoms with E-state index in [2.05, 4.69) is 24.8 Å². The van der Waals surface area contributed by atoms with Crippen LogP contribution in [0.3, 0.4) is 0 Å². The molecule has 9 nitrogen and oxygen atoms in total. The molecule has 3 aromatic rings. The molecule has 1 aliphatic heterocycles. The van der Waals surface area contributed by atoms with Crippen molar-refractivity contribution in [2.75, 3.05) is 32.1 Å². The second-order valence-corrected chi connectivity index (χ2v) is 7.88. The lowest BCUT2D eigenvalue weighted by Crippen LogP contribution is -2.45. The second-order valence-electron chi connectivity index (χ2n) is 7.88. The van der Waals surface area contributed by atoms with E-state index in [1.54, 1.807) is 0 Å². The molecule has 1 saturated heterocycles. The first-order valence-corrected chi connectivity index (χ1v) is 9.82. The maximum absolute atomic E-state index is 13.7. The van der Waals surface area contributed by atoms with Crippen molar-refractivity contribution >= 4 is 17.1 Å². The number of pyridine rings is 1. The minimum atomic E-state index is -0.683. The SMILES string of the molecule is CN(C)Cc1cnc(N2CCC(n3c(=O)c(=O)n(C)c4cc(F)cnc43)CC2)nc1. The van der Waals surface area contributed by atoms with Crippen LogP contribution in [0.1, 0.15) is 24.4 Å². The minimum absolute atomic E-state index is 0.198. The standard InChI is InChI=1S/C20H24FN7O2/c1-25(2)12-13-9-23-20(24-10-13)27-6-4-15(5-7-27)28-17-16(8-14(21)11-22-17)26(3)18(29)19(28)30/h8-11,15H,4-7,12H2,1-3H3. The molecule has 4 heterocycles. The molecule has 0 N–H and O–H groups in total. The van der Waals surface area contributed by atoms with E-state index < -0.39 is 16.9 Å². The Balaban J connectivity index is 1.58. The third-order valence-electron chi connectivity index (χ3n) is 5.41. The molecular weight excluding hydrogens is 389 g/mol. The number of rotatable bonds is 4. The van der Waals surface area contributed by atoms with E-state index in [-0.39, 0.29) is 6.04 Å². The lowest BCUT2D eigenvalue weighted by atomic mass is 10.0. The van der Waals surface area contributed by atoms with E-state index in [4.69, 9.17) is 0 Å². The molecule has 1 aliphatic rings. The van der Waals surface area contributed by atoms with Gasteiger partial charge in [0, 0.05) is 56.7 Å². The van der Waals surface area contributed by atoms with Crippen LogP contribution in [0.5, 0.6) is 0 Å². The minimum Gasteiger partial charge on any atom is -0.341 e. The second kappa shape index (κ2) is 7.94. The predicted octanol–water partition coefficient (Wildman–Crippen LogP) is 0.927. The Labute approximate surface area is 172 Å². The Hall–Kier alpha value is -3.14. The van der Waals surface area contributed by atoms with Gasteiger partial charge in [0.05, 0.1) is 11.7 Å². The maximum atomic E-state index is 13.7. The molecule has 0 aromatic carbocycles. The van der Waals surface area contributed by atoms with E-state index in [1.807, 2.05) is 26.5 Å². The number of aromatic nitrogens is 5. The summed E-state index contributed by atoms with van der Waals surface area (Å²) in [6.45, 7) is 2.05. The van der Waals surface area contributed by atoms with Gasteiger partial charge in [0.15, 0.2) is 5.65 Å². The normalized spacial score (nSPS) is 15.3. The van der Waals surface area contributed by atoms with Gasteiger partial charge in [-0.2, -0.15) is 0 Å². The Kier molecular flexibility index (Phi) is 5.33. The highest BCUT2D eigenvalue weighted by molar-refractivity contribution is 5.70. The van der Waals surface area contributed by atoms with Crippen molar-refractivity contribution in [1.29, 1.82) is 0 Å². The predicted molar refractivity (Wildman–Crippen MR) is 111 cm³/mol. The van der Waals surface area contributed by atoms with Gasteiger partial charge in [0.1, 0.15) is 5.82 Å². The van der Waals surface area contributed by atoms with Gasteiger partial charge in [-0.05, 0) is 26.9 Å². The molecule has 0 radical (unpaired) electrons. The van der Waals surface area contributed by atoms with Crippen molar-refractivity contribution in [3.8, 4) is 0 Å². The van der Waals surface area contributed by atoms with Crippen LogP contribution in [0.2, 0.25) is 0 Å². The largest absolute Gasteiger partial charge is 0.341 e. The molecule has 10 heteroatoms. The van der Waals surface area contributed by atoms with Crippen LogP contribution < -0.4 is 16.0 Å². The van der Waals surface area contributed by atoms with Gasteiger partial charge in [0.2, 0.25) is 5.95 Å². The van der Waals surface area contributed by atoms with Crippen LogP contribution in [0.15, 0.2) is 34.2 Å². The fraction of sp³-hybridized carbons (Fsp3) is 0.450. The zero-order chi connectivity index (χ0) is 21.4. The van der Waals surface area contributed by atoms with Gasteiger partial charge < -0.3 is 14.4 Å². The van der Waals surface area contributed by atoms with Gasteiger partial charge in [-0.1, -0.05) is 0 Å². The molecule has 0 spiro atoms. The number of halogens is 1. The molecule has 0 bridgehead atoms. The average Bonchev–Trinajstić information content (AvgIpc) is 2.73. The van der Waals surface area contributed by atoms with E-state index in [1.165, 1.54) is 17.7 Å². The van der Waals surface area contributed by atoms with Crippen molar-refractivity contribution in [2.24, 2.45) is 7.05 Å². The van der Waals surface area contributed by atoms with Crippen LogP contribution in [0, 0.1) is 5.82 Å². The Morgan fingerprint density at radius 1 is 1.07 bits per heavy atom. The molecule has 0 unspecified atom stereocenters. The fourth-order valence-electron chi connectivity index (χ4n) is 3.93. The molecule has 3 aromatic heterocycles. The summed E-state index contributed by atoms with van der Waals surface area (Å²) in [6.07, 6.45) is 5.98. The van der Waals surface area contributed by atoms with E-state index in [0.29, 0.717) is 43.0 Å². The van der Waals surface area contributed by atoms with Gasteiger partial charge in [-0.3, -0.25) is 14.2 Å². The molecule has 0 amide bonds. The van der Waals surface area contributed by atoms with Gasteiger partial charge in [-0.25, -0.2) is 19.3 Å². The Morgan fingerprint density at radius 2 is 1.73 bits per heavy atom. The quantitative estimate of drug-likeness (QED) is 0.588. The van der Waals surface area contributed by atoms with Crippen molar-refractivity contribution in [3.05, 3.63) is 56.7 Å². The number of hydrogen-bond acceptors (Lipinski definition) is 7. The average molecular weight is 413 g/mol. The summed E-state index contributed by atoms with van der Waals surface area (Å²) in [5.41, 5.74) is 0.354. The van der Waals surface area contributed by atoms with Gasteiger partial charge in [0.25, 0.3) is 0 Å². The van der Waals surface area contributed by atoms with Gasteiger partial charge >= 0.3 is 11.1 Å². The van der Waals surface area contributed by atoms with Crippen LogP contribution >= 0.6 is 0 Å². The first kappa shape index (κ1) is 20.1. The van der Waals surface area contributed by atoms with E-state index in [0.717, 1.165) is 22.9 Å². The summed E-state index contributed by atoms with van der Waals surface area (Å²) >= 11 is 0. The van der Waals surface area contributed by atoms with Crippen molar-refractivity contribution in [1.82, 2.24) is 29.0 Å². The summed E-state index contributed by atoms with van der Waals surface area (Å²) < 4.78 is 16.3. The van der Waals surface area contributed by atoms with Crippen molar-refractivity contribution in [3.63, 3.8) is 0 Å². The molecule has 1 fully saturated rings. The summed E-state index contributed by atoms with van der Waals surface area (Å²) in [7, 11) is 5.44. The molecule has 158 valence electrons. The summed E-state index contributed by atoms with van der Waals surface area (Å²) in [5, 5.41) is 0. The monoisotopic (exact) mass is 413 g/mol. The third kappa shape index (κ3) is 3.70. The number of nitrogens with zero attached hydrogens (tertiary/aromatic N) is 7. The highest BCUT2D eigenvalue weighted by Gasteiger charge is 2.26. The zero-order valence-corrected chi connectivity index (χ0v) is 17.2. The summed E-state index contributed by atoms with van der Waals surface area (Å²) in [4.78, 5) is 42.3. The fourth-order valence-corrected chi connectivity index (χ4v) is 3.93.